The summed E-state index contributed by atoms with van der Waals surface area (Å²) in [4.78, 5) is 14.3. The van der Waals surface area contributed by atoms with Crippen LogP contribution >= 0.6 is 0 Å². The molecule has 5 nitrogen and oxygen atoms in total. The molecule has 1 saturated heterocycles. The number of carbonyl (C=O) groups is 1. The van der Waals surface area contributed by atoms with Gasteiger partial charge < -0.3 is 9.84 Å². The fraction of sp³-hybridized carbons (Fsp3) is 0.938. The van der Waals surface area contributed by atoms with Crippen LogP contribution in [0.4, 0.5) is 0 Å². The Kier molecular flexibility index (Phi) is 3.79. The molecule has 0 aromatic carbocycles. The maximum Gasteiger partial charge on any atom is 0.323 e. The van der Waals surface area contributed by atoms with Gasteiger partial charge in [-0.3, -0.25) is 15.0 Å². The third-order valence-electron chi connectivity index (χ3n) is 5.07. The second-order valence-electron chi connectivity index (χ2n) is 7.82. The number of aliphatic carboxylic acids is 1. The molecule has 3 fully saturated rings. The number of morpholine rings is 1. The summed E-state index contributed by atoms with van der Waals surface area (Å²) in [6.45, 7) is 8.15. The standard InChI is InChI=1S/C16H28N2O3/c1-11-9-18(10-15(2,3)21-11)13-6-7-16(8-13,14(19)20)17-12-4-5-12/h11-13,17H,4-10H2,1-3H3,(H,19,20). The Hall–Kier alpha value is -0.650. The number of hydrogen-bond donors (Lipinski definition) is 2. The van der Waals surface area contributed by atoms with E-state index in [0.29, 0.717) is 12.1 Å². The Morgan fingerprint density at radius 3 is 2.62 bits per heavy atom. The lowest BCUT2D eigenvalue weighted by molar-refractivity contribution is -0.146. The van der Waals surface area contributed by atoms with Gasteiger partial charge in [0.2, 0.25) is 0 Å². The van der Waals surface area contributed by atoms with E-state index in [1.165, 1.54) is 0 Å². The molecule has 5 heteroatoms. The summed E-state index contributed by atoms with van der Waals surface area (Å²) in [7, 11) is 0. The largest absolute Gasteiger partial charge is 0.480 e. The molecule has 3 atom stereocenters. The highest BCUT2D eigenvalue weighted by atomic mass is 16.5. The van der Waals surface area contributed by atoms with Crippen LogP contribution < -0.4 is 5.32 Å². The first kappa shape index (κ1) is 15.3. The first-order valence-electron chi connectivity index (χ1n) is 8.23. The number of nitrogens with one attached hydrogen (secondary N) is 1. The van der Waals surface area contributed by atoms with Crippen molar-refractivity contribution in [2.75, 3.05) is 13.1 Å². The average Bonchev–Trinajstić information content (AvgIpc) is 3.03. The Labute approximate surface area is 127 Å². The molecule has 3 rings (SSSR count). The van der Waals surface area contributed by atoms with Gasteiger partial charge in [-0.2, -0.15) is 0 Å². The Balaban J connectivity index is 1.68. The molecule has 1 aliphatic heterocycles. The normalized spacial score (nSPS) is 40.3. The molecule has 0 spiro atoms. The van der Waals surface area contributed by atoms with Crippen LogP contribution in [-0.4, -0.2) is 58.4 Å². The minimum atomic E-state index is -0.697. The molecule has 2 saturated carbocycles. The van der Waals surface area contributed by atoms with Gasteiger partial charge in [0.05, 0.1) is 11.7 Å². The van der Waals surface area contributed by atoms with Gasteiger partial charge in [0.25, 0.3) is 0 Å². The lowest BCUT2D eigenvalue weighted by Gasteiger charge is -2.44. The minimum Gasteiger partial charge on any atom is -0.480 e. The van der Waals surface area contributed by atoms with Crippen molar-refractivity contribution in [3.05, 3.63) is 0 Å². The van der Waals surface area contributed by atoms with Crippen molar-refractivity contribution in [2.24, 2.45) is 0 Å². The predicted molar refractivity (Wildman–Crippen MR) is 80.4 cm³/mol. The van der Waals surface area contributed by atoms with E-state index >= 15 is 0 Å². The van der Waals surface area contributed by atoms with Gasteiger partial charge in [-0.25, -0.2) is 0 Å². The van der Waals surface area contributed by atoms with E-state index in [1.807, 2.05) is 0 Å². The first-order valence-corrected chi connectivity index (χ1v) is 8.23. The summed E-state index contributed by atoms with van der Waals surface area (Å²) in [5, 5.41) is 13.1. The Morgan fingerprint density at radius 1 is 1.33 bits per heavy atom. The number of hydrogen-bond acceptors (Lipinski definition) is 4. The molecule has 3 unspecified atom stereocenters. The van der Waals surface area contributed by atoms with Crippen molar-refractivity contribution in [2.45, 2.75) is 82.2 Å². The molecule has 0 aromatic heterocycles. The van der Waals surface area contributed by atoms with E-state index in [9.17, 15) is 9.90 Å². The lowest BCUT2D eigenvalue weighted by atomic mass is 9.96. The highest BCUT2D eigenvalue weighted by Crippen LogP contribution is 2.38. The topological polar surface area (TPSA) is 61.8 Å². The zero-order chi connectivity index (χ0) is 15.3. The van der Waals surface area contributed by atoms with Crippen LogP contribution in [0.5, 0.6) is 0 Å². The number of rotatable bonds is 4. The van der Waals surface area contributed by atoms with Crippen molar-refractivity contribution in [1.82, 2.24) is 10.2 Å². The molecule has 0 radical (unpaired) electrons. The van der Waals surface area contributed by atoms with Crippen LogP contribution in [0.3, 0.4) is 0 Å². The minimum absolute atomic E-state index is 0.143. The monoisotopic (exact) mass is 296 g/mol. The fourth-order valence-corrected chi connectivity index (χ4v) is 4.12. The quantitative estimate of drug-likeness (QED) is 0.825. The molecule has 3 aliphatic rings. The van der Waals surface area contributed by atoms with E-state index in [1.54, 1.807) is 0 Å². The summed E-state index contributed by atoms with van der Waals surface area (Å²) < 4.78 is 5.96. The highest BCUT2D eigenvalue weighted by Gasteiger charge is 2.50. The zero-order valence-electron chi connectivity index (χ0n) is 13.4. The summed E-state index contributed by atoms with van der Waals surface area (Å²) in [6.07, 6.45) is 4.90. The number of carboxylic acid groups (broad SMARTS) is 1. The molecule has 2 N–H and O–H groups in total. The van der Waals surface area contributed by atoms with Crippen molar-refractivity contribution >= 4 is 5.97 Å². The molecular weight excluding hydrogens is 268 g/mol. The summed E-state index contributed by atoms with van der Waals surface area (Å²) in [5.74, 6) is -0.669. The van der Waals surface area contributed by atoms with E-state index in [0.717, 1.165) is 45.2 Å². The van der Waals surface area contributed by atoms with E-state index < -0.39 is 11.5 Å². The van der Waals surface area contributed by atoms with Crippen LogP contribution in [0.15, 0.2) is 0 Å². The third-order valence-corrected chi connectivity index (χ3v) is 5.07. The van der Waals surface area contributed by atoms with Gasteiger partial charge in [0.1, 0.15) is 5.54 Å². The second-order valence-corrected chi connectivity index (χ2v) is 7.82. The van der Waals surface area contributed by atoms with E-state index in [4.69, 9.17) is 4.74 Å². The molecule has 120 valence electrons. The van der Waals surface area contributed by atoms with Crippen LogP contribution in [-0.2, 0) is 9.53 Å². The van der Waals surface area contributed by atoms with Crippen LogP contribution in [0.2, 0.25) is 0 Å². The van der Waals surface area contributed by atoms with E-state index in [2.05, 4.69) is 31.0 Å². The van der Waals surface area contributed by atoms with Crippen LogP contribution in [0.25, 0.3) is 0 Å². The van der Waals surface area contributed by atoms with Gasteiger partial charge in [-0.15, -0.1) is 0 Å². The van der Waals surface area contributed by atoms with Gasteiger partial charge in [-0.05, 0) is 52.9 Å². The Bertz CT molecular complexity index is 422. The number of carboxylic acids is 1. The number of ether oxygens (including phenoxy) is 1. The first-order chi connectivity index (χ1) is 9.80. The van der Waals surface area contributed by atoms with Crippen molar-refractivity contribution in [3.8, 4) is 0 Å². The maximum atomic E-state index is 11.8. The molecule has 1 heterocycles. The van der Waals surface area contributed by atoms with Crippen molar-refractivity contribution < 1.29 is 14.6 Å². The molecule has 21 heavy (non-hydrogen) atoms. The second kappa shape index (κ2) is 5.21. The zero-order valence-corrected chi connectivity index (χ0v) is 13.4. The molecule has 2 aliphatic carbocycles. The summed E-state index contributed by atoms with van der Waals surface area (Å²) in [6, 6.07) is 0.790. The molecule has 0 amide bonds. The predicted octanol–water partition coefficient (Wildman–Crippen LogP) is 1.61. The Morgan fingerprint density at radius 2 is 2.05 bits per heavy atom. The van der Waals surface area contributed by atoms with Gasteiger partial charge in [0.15, 0.2) is 0 Å². The SMILES string of the molecule is CC1CN(C2CCC(NC3CC3)(C(=O)O)C2)CC(C)(C)O1. The smallest absolute Gasteiger partial charge is 0.323 e. The van der Waals surface area contributed by atoms with Gasteiger partial charge in [-0.1, -0.05) is 0 Å². The van der Waals surface area contributed by atoms with Gasteiger partial charge >= 0.3 is 5.97 Å². The third kappa shape index (κ3) is 3.25. The summed E-state index contributed by atoms with van der Waals surface area (Å²) in [5.41, 5.74) is -0.840. The van der Waals surface area contributed by atoms with Gasteiger partial charge in [0, 0.05) is 25.2 Å². The summed E-state index contributed by atoms with van der Waals surface area (Å²) >= 11 is 0. The van der Waals surface area contributed by atoms with Crippen LogP contribution in [0.1, 0.15) is 52.9 Å². The van der Waals surface area contributed by atoms with Crippen molar-refractivity contribution in [1.29, 1.82) is 0 Å². The lowest BCUT2D eigenvalue weighted by Crippen LogP contribution is -2.56. The molecule has 0 aromatic rings. The number of nitrogens with zero attached hydrogens (tertiary/aromatic N) is 1. The van der Waals surface area contributed by atoms with E-state index in [-0.39, 0.29) is 11.7 Å². The van der Waals surface area contributed by atoms with Crippen molar-refractivity contribution in [3.63, 3.8) is 0 Å². The fourth-order valence-electron chi connectivity index (χ4n) is 4.12. The molecular formula is C16H28N2O3. The maximum absolute atomic E-state index is 11.8. The molecule has 0 bridgehead atoms. The average molecular weight is 296 g/mol. The highest BCUT2D eigenvalue weighted by molar-refractivity contribution is 5.79. The van der Waals surface area contributed by atoms with Crippen LogP contribution in [0, 0.1) is 0 Å².